The molecule has 1 spiro atoms. The van der Waals surface area contributed by atoms with E-state index in [0.29, 0.717) is 12.4 Å². The molecule has 1 aliphatic carbocycles. The number of ether oxygens (including phenoxy) is 2. The van der Waals surface area contributed by atoms with E-state index < -0.39 is 57.5 Å². The molecule has 2 unspecified atom stereocenters. The molecule has 6 aliphatic heterocycles. The minimum atomic E-state index is -5.05. The zero-order valence-corrected chi connectivity index (χ0v) is 28.7. The molecule has 51 heavy (non-hydrogen) atoms. The molecule has 1 amide bonds. The smallest absolute Gasteiger partial charge is 0.417 e. The molecule has 6 fully saturated rings. The lowest BCUT2D eigenvalue weighted by Crippen LogP contribution is -2.63. The van der Waals surface area contributed by atoms with Gasteiger partial charge >= 0.3 is 12.2 Å². The first-order valence-electron chi connectivity index (χ1n) is 17.6. The van der Waals surface area contributed by atoms with Gasteiger partial charge < -0.3 is 30.3 Å². The van der Waals surface area contributed by atoms with Crippen LogP contribution in [0.25, 0.3) is 22.2 Å². The minimum absolute atomic E-state index is 0.0195. The highest BCUT2D eigenvalue weighted by molar-refractivity contribution is 5.98. The maximum atomic E-state index is 16.9. The first-order valence-corrected chi connectivity index (χ1v) is 17.6. The Morgan fingerprint density at radius 3 is 2.65 bits per heavy atom. The Balaban J connectivity index is 1.14. The lowest BCUT2D eigenvalue weighted by molar-refractivity contribution is -0.137. The predicted octanol–water partition coefficient (Wildman–Crippen LogP) is 4.29. The van der Waals surface area contributed by atoms with Crippen molar-refractivity contribution < 1.29 is 36.2 Å². The molecule has 1 saturated carbocycles. The zero-order chi connectivity index (χ0) is 35.9. The highest BCUT2D eigenvalue weighted by Crippen LogP contribution is 2.64. The van der Waals surface area contributed by atoms with Gasteiger partial charge in [-0.1, -0.05) is 0 Å². The van der Waals surface area contributed by atoms with Crippen molar-refractivity contribution in [3.63, 3.8) is 0 Å². The van der Waals surface area contributed by atoms with Gasteiger partial charge in [0.05, 0.1) is 16.8 Å². The molecule has 2 aromatic heterocycles. The van der Waals surface area contributed by atoms with Gasteiger partial charge in [0.2, 0.25) is 11.8 Å². The fourth-order valence-corrected chi connectivity index (χ4v) is 10.2. The molecule has 3 N–H and O–H groups in total. The SMILES string of the molecule is Cc1c(F)c(N)cc(-c2nc3c4c(nc(OC[C@@H]5CC[C@@H]6C[C@@H](C(=O)N(C)C)CCN65)nc4c2F)N2C[C@H]4CC5[C@H](N4)C52[C@H](C)O3)c1C(F)(F)F. The number of carbonyl (C=O) groups is 1. The highest BCUT2D eigenvalue weighted by atomic mass is 19.4. The number of aromatic nitrogens is 3. The second-order valence-electron chi connectivity index (χ2n) is 15.3. The molecule has 8 heterocycles. The molecule has 7 aliphatic rings. The summed E-state index contributed by atoms with van der Waals surface area (Å²) in [5, 5.41) is 3.80. The maximum absolute atomic E-state index is 16.9. The largest absolute Gasteiger partial charge is 0.471 e. The number of piperidine rings is 3. The number of pyridine rings is 1. The van der Waals surface area contributed by atoms with Crippen molar-refractivity contribution in [2.24, 2.45) is 11.8 Å². The number of amides is 1. The number of rotatable bonds is 5. The third kappa shape index (κ3) is 4.60. The van der Waals surface area contributed by atoms with E-state index >= 15 is 4.39 Å². The standard InChI is InChI=1S/C35H39F5N8O3/c1-14-24(35(38,39)40)20(11-22(41)25(14)36)27-26(37)28-23-30(48-12-17-10-21-29(42-17)34(21,48)15(2)51-31(23)43-27)45-33(44-28)50-13-19-6-5-18-9-16(7-8-47(18)19)32(49)46(3)4/h11,15-19,21,29,42H,5-10,12-13,41H2,1-4H3/t15-,16-,17+,18+,19-,21?,29-,34?/m0/s1. The van der Waals surface area contributed by atoms with Gasteiger partial charge in [-0.3, -0.25) is 9.69 Å². The van der Waals surface area contributed by atoms with Crippen molar-refractivity contribution in [3.8, 4) is 23.1 Å². The molecular weight excluding hydrogens is 675 g/mol. The van der Waals surface area contributed by atoms with Crippen LogP contribution in [-0.4, -0.2) is 100 Å². The Labute approximate surface area is 290 Å². The number of alkyl halides is 3. The number of hydrogen-bond acceptors (Lipinski definition) is 10. The van der Waals surface area contributed by atoms with Crippen LogP contribution < -0.4 is 25.4 Å². The number of fused-ring (bicyclic) bond motifs is 1. The van der Waals surface area contributed by atoms with E-state index in [1.54, 1.807) is 19.0 Å². The van der Waals surface area contributed by atoms with Crippen LogP contribution in [0.4, 0.5) is 33.5 Å². The van der Waals surface area contributed by atoms with Gasteiger partial charge in [0.15, 0.2) is 5.82 Å². The number of nitrogens with one attached hydrogen (secondary N) is 1. The number of nitrogens with zero attached hydrogens (tertiary/aromatic N) is 6. The van der Waals surface area contributed by atoms with Crippen LogP contribution in [0.5, 0.6) is 11.9 Å². The van der Waals surface area contributed by atoms with Gasteiger partial charge in [0.25, 0.3) is 0 Å². The van der Waals surface area contributed by atoms with Gasteiger partial charge in [-0.25, -0.2) is 13.8 Å². The van der Waals surface area contributed by atoms with Crippen molar-refractivity contribution in [2.75, 3.05) is 44.4 Å². The molecule has 8 atom stereocenters. The monoisotopic (exact) mass is 714 g/mol. The minimum Gasteiger partial charge on any atom is -0.471 e. The Bertz CT molecular complexity index is 1980. The lowest BCUT2D eigenvalue weighted by atomic mass is 9.90. The topological polar surface area (TPSA) is 122 Å². The van der Waals surface area contributed by atoms with Gasteiger partial charge in [-0.15, -0.1) is 0 Å². The summed E-state index contributed by atoms with van der Waals surface area (Å²) in [6, 6.07) is 1.18. The Kier molecular flexibility index (Phi) is 7.07. The van der Waals surface area contributed by atoms with Crippen LogP contribution in [0.2, 0.25) is 0 Å². The first-order chi connectivity index (χ1) is 24.2. The third-order valence-corrected chi connectivity index (χ3v) is 12.4. The summed E-state index contributed by atoms with van der Waals surface area (Å²) in [6.45, 7) is 4.35. The summed E-state index contributed by atoms with van der Waals surface area (Å²) in [5.74, 6) is -1.78. The predicted molar refractivity (Wildman–Crippen MR) is 176 cm³/mol. The Morgan fingerprint density at radius 2 is 1.94 bits per heavy atom. The van der Waals surface area contributed by atoms with Gasteiger partial charge in [0.1, 0.15) is 40.9 Å². The van der Waals surface area contributed by atoms with Crippen molar-refractivity contribution in [1.82, 2.24) is 30.1 Å². The number of piperazine rings is 1. The quantitative estimate of drug-likeness (QED) is 0.293. The van der Waals surface area contributed by atoms with E-state index in [1.807, 2.05) is 6.92 Å². The third-order valence-electron chi connectivity index (χ3n) is 12.4. The van der Waals surface area contributed by atoms with E-state index in [1.165, 1.54) is 0 Å². The van der Waals surface area contributed by atoms with Crippen LogP contribution >= 0.6 is 0 Å². The maximum Gasteiger partial charge on any atom is 0.417 e. The summed E-state index contributed by atoms with van der Waals surface area (Å²) >= 11 is 0. The van der Waals surface area contributed by atoms with Gasteiger partial charge in [-0.2, -0.15) is 23.1 Å². The summed E-state index contributed by atoms with van der Waals surface area (Å²) in [6.07, 6.45) is -1.35. The number of carbonyl (C=O) groups excluding carboxylic acids is 1. The molecule has 10 rings (SSSR count). The number of anilines is 2. The first kappa shape index (κ1) is 32.8. The van der Waals surface area contributed by atoms with E-state index in [0.717, 1.165) is 51.6 Å². The van der Waals surface area contributed by atoms with Crippen molar-refractivity contribution in [2.45, 2.75) is 87.9 Å². The fraction of sp³-hybridized carbons (Fsp3) is 0.600. The second-order valence-corrected chi connectivity index (χ2v) is 15.3. The van der Waals surface area contributed by atoms with Crippen LogP contribution in [0, 0.1) is 30.4 Å². The molecule has 11 nitrogen and oxygen atoms in total. The van der Waals surface area contributed by atoms with E-state index in [-0.39, 0.29) is 71.3 Å². The number of halogens is 5. The molecule has 1 aromatic carbocycles. The number of benzene rings is 1. The number of nitrogen functional groups attached to an aromatic ring is 1. The zero-order valence-electron chi connectivity index (χ0n) is 28.7. The molecule has 3 aromatic rings. The van der Waals surface area contributed by atoms with Crippen LogP contribution in [-0.2, 0) is 11.0 Å². The van der Waals surface area contributed by atoms with Crippen LogP contribution in [0.15, 0.2) is 6.07 Å². The molecule has 16 heteroatoms. The van der Waals surface area contributed by atoms with Crippen LogP contribution in [0.3, 0.4) is 0 Å². The van der Waals surface area contributed by atoms with Crippen LogP contribution in [0.1, 0.15) is 50.2 Å². The molecular formula is C35H39F5N8O3. The fourth-order valence-electron chi connectivity index (χ4n) is 10.2. The normalized spacial score (nSPS) is 31.9. The van der Waals surface area contributed by atoms with Crippen molar-refractivity contribution >= 4 is 28.3 Å². The number of hydrogen-bond donors (Lipinski definition) is 2. The highest BCUT2D eigenvalue weighted by Gasteiger charge is 2.78. The average molecular weight is 715 g/mol. The van der Waals surface area contributed by atoms with Gasteiger partial charge in [0, 0.05) is 62.2 Å². The summed E-state index contributed by atoms with van der Waals surface area (Å²) in [5.41, 5.74) is 0.850. The molecule has 5 saturated heterocycles. The molecule has 4 bridgehead atoms. The van der Waals surface area contributed by atoms with E-state index in [2.05, 4.69) is 25.1 Å². The van der Waals surface area contributed by atoms with E-state index in [9.17, 15) is 22.4 Å². The Morgan fingerprint density at radius 1 is 1.16 bits per heavy atom. The molecule has 272 valence electrons. The second kappa shape index (κ2) is 11.0. The van der Waals surface area contributed by atoms with Gasteiger partial charge in [-0.05, 0) is 64.1 Å². The lowest BCUT2D eigenvalue weighted by Gasteiger charge is -2.45. The summed E-state index contributed by atoms with van der Waals surface area (Å²) in [7, 11) is 3.55. The summed E-state index contributed by atoms with van der Waals surface area (Å²) < 4.78 is 87.9. The average Bonchev–Trinajstić information content (AvgIpc) is 3.36. The molecule has 0 radical (unpaired) electrons. The Hall–Kier alpha value is -4.05. The van der Waals surface area contributed by atoms with Crippen molar-refractivity contribution in [3.05, 3.63) is 28.8 Å². The van der Waals surface area contributed by atoms with E-state index in [4.69, 9.17) is 20.2 Å². The van der Waals surface area contributed by atoms with Crippen molar-refractivity contribution in [1.29, 1.82) is 0 Å². The number of nitrogens with two attached hydrogens (primary N) is 1. The summed E-state index contributed by atoms with van der Waals surface area (Å²) in [4.78, 5) is 32.5.